The van der Waals surface area contributed by atoms with Crippen LogP contribution < -0.4 is 5.32 Å². The van der Waals surface area contributed by atoms with Gasteiger partial charge in [0.25, 0.3) is 0 Å². The van der Waals surface area contributed by atoms with E-state index in [1.807, 2.05) is 53.9 Å². The highest BCUT2D eigenvalue weighted by Crippen LogP contribution is 2.44. The molecule has 1 heterocycles. The Balaban J connectivity index is 1.22. The Hall–Kier alpha value is -3.48. The van der Waals surface area contributed by atoms with Crippen LogP contribution in [0.2, 0.25) is 0 Å². The van der Waals surface area contributed by atoms with Crippen molar-refractivity contribution in [1.29, 1.82) is 0 Å². The quantitative estimate of drug-likeness (QED) is 0.370. The van der Waals surface area contributed by atoms with E-state index in [1.54, 1.807) is 11.3 Å². The Morgan fingerprint density at radius 3 is 2.27 bits per heavy atom. The van der Waals surface area contributed by atoms with Gasteiger partial charge in [-0.15, -0.1) is 11.3 Å². The predicted octanol–water partition coefficient (Wildman–Crippen LogP) is 4.84. The molecule has 1 aliphatic carbocycles. The van der Waals surface area contributed by atoms with Gasteiger partial charge < -0.3 is 9.84 Å². The number of esters is 1. The molecule has 1 aliphatic rings. The normalized spacial score (nSPS) is 13.5. The first-order valence-corrected chi connectivity index (χ1v) is 11.7. The summed E-state index contributed by atoms with van der Waals surface area (Å²) in [6, 6.07) is 23.4. The number of carboxylic acids is 1. The third kappa shape index (κ3) is 4.27. The third-order valence-electron chi connectivity index (χ3n) is 6.15. The summed E-state index contributed by atoms with van der Waals surface area (Å²) in [6.45, 7) is 0.0660. The van der Waals surface area contributed by atoms with Crippen LogP contribution in [0.4, 0.5) is 0 Å². The van der Waals surface area contributed by atoms with Gasteiger partial charge in [-0.25, -0.2) is 0 Å². The molecule has 0 saturated carbocycles. The molecule has 0 unspecified atom stereocenters. The second kappa shape index (κ2) is 9.17. The summed E-state index contributed by atoms with van der Waals surface area (Å²) < 4.78 is 6.70. The van der Waals surface area contributed by atoms with Crippen molar-refractivity contribution in [1.82, 2.24) is 5.32 Å². The minimum atomic E-state index is -0.989. The molecule has 0 spiro atoms. The molecule has 6 heteroatoms. The maximum atomic E-state index is 12.5. The maximum Gasteiger partial charge on any atom is 0.321 e. The van der Waals surface area contributed by atoms with Gasteiger partial charge in [-0.1, -0.05) is 66.7 Å². The average Bonchev–Trinajstić information content (AvgIpc) is 3.39. The summed E-state index contributed by atoms with van der Waals surface area (Å²) in [5.74, 6) is -1.47. The SMILES string of the molecule is O=C(CN[C@H](Cc1csc2ccccc12)C(=O)O)OCC1c2ccccc2-c2ccccc21. The van der Waals surface area contributed by atoms with E-state index >= 15 is 0 Å². The second-order valence-corrected chi connectivity index (χ2v) is 9.05. The van der Waals surface area contributed by atoms with Crippen LogP contribution in [0.5, 0.6) is 0 Å². The third-order valence-corrected chi connectivity index (χ3v) is 7.16. The molecule has 33 heavy (non-hydrogen) atoms. The molecule has 4 aromatic rings. The molecule has 5 rings (SSSR count). The van der Waals surface area contributed by atoms with E-state index in [2.05, 4.69) is 29.6 Å². The number of ether oxygens (including phenoxy) is 1. The van der Waals surface area contributed by atoms with Crippen LogP contribution in [-0.2, 0) is 20.7 Å². The van der Waals surface area contributed by atoms with E-state index in [4.69, 9.17) is 4.74 Å². The molecule has 0 aliphatic heterocycles. The van der Waals surface area contributed by atoms with Gasteiger partial charge in [0.05, 0.1) is 6.54 Å². The lowest BCUT2D eigenvalue weighted by atomic mass is 9.98. The van der Waals surface area contributed by atoms with Crippen molar-refractivity contribution in [2.24, 2.45) is 0 Å². The Morgan fingerprint density at radius 1 is 0.939 bits per heavy atom. The standard InChI is InChI=1S/C27H23NO4S/c29-26(14-28-24(27(30)31)13-17-16-33-25-12-6-5-7-18(17)25)32-15-23-21-10-3-1-8-19(21)20-9-2-4-11-22(20)23/h1-12,16,23-24,28H,13-15H2,(H,30,31)/t24-/m1/s1. The summed E-state index contributed by atoms with van der Waals surface area (Å²) in [6.07, 6.45) is 0.302. The molecule has 1 aromatic heterocycles. The van der Waals surface area contributed by atoms with Crippen molar-refractivity contribution >= 4 is 33.4 Å². The summed E-state index contributed by atoms with van der Waals surface area (Å²) in [5.41, 5.74) is 5.59. The lowest BCUT2D eigenvalue weighted by Gasteiger charge is -2.16. The number of hydrogen-bond donors (Lipinski definition) is 2. The van der Waals surface area contributed by atoms with E-state index < -0.39 is 18.0 Å². The molecule has 166 valence electrons. The lowest BCUT2D eigenvalue weighted by molar-refractivity contribution is -0.144. The fourth-order valence-corrected chi connectivity index (χ4v) is 5.51. The van der Waals surface area contributed by atoms with Crippen molar-refractivity contribution in [3.63, 3.8) is 0 Å². The Morgan fingerprint density at radius 2 is 1.58 bits per heavy atom. The number of thiophene rings is 1. The summed E-state index contributed by atoms with van der Waals surface area (Å²) in [4.78, 5) is 24.3. The fourth-order valence-electron chi connectivity index (χ4n) is 4.53. The topological polar surface area (TPSA) is 75.6 Å². The van der Waals surface area contributed by atoms with Gasteiger partial charge in [0, 0.05) is 10.6 Å². The van der Waals surface area contributed by atoms with E-state index in [-0.39, 0.29) is 19.1 Å². The van der Waals surface area contributed by atoms with Crippen LogP contribution in [0, 0.1) is 0 Å². The van der Waals surface area contributed by atoms with E-state index in [9.17, 15) is 14.7 Å². The molecule has 5 nitrogen and oxygen atoms in total. The number of aliphatic carboxylic acids is 1. The number of carbonyl (C=O) groups is 2. The first-order valence-electron chi connectivity index (χ1n) is 10.9. The molecule has 3 aromatic carbocycles. The van der Waals surface area contributed by atoms with Crippen LogP contribution in [0.25, 0.3) is 21.2 Å². The Kier molecular flexibility index (Phi) is 5.94. The molecule has 2 N–H and O–H groups in total. The van der Waals surface area contributed by atoms with Gasteiger partial charge in [-0.3, -0.25) is 14.9 Å². The van der Waals surface area contributed by atoms with E-state index in [0.29, 0.717) is 6.42 Å². The fraction of sp³-hybridized carbons (Fsp3) is 0.185. The van der Waals surface area contributed by atoms with Crippen molar-refractivity contribution in [3.05, 3.63) is 94.9 Å². The van der Waals surface area contributed by atoms with Gasteiger partial charge >= 0.3 is 11.9 Å². The van der Waals surface area contributed by atoms with Crippen molar-refractivity contribution in [3.8, 4) is 11.1 Å². The first-order chi connectivity index (χ1) is 16.1. The molecule has 0 amide bonds. The average molecular weight is 458 g/mol. The number of carboxylic acid groups (broad SMARTS) is 1. The highest BCUT2D eigenvalue weighted by molar-refractivity contribution is 7.17. The monoisotopic (exact) mass is 457 g/mol. The zero-order valence-corrected chi connectivity index (χ0v) is 18.7. The van der Waals surface area contributed by atoms with Crippen molar-refractivity contribution < 1.29 is 19.4 Å². The van der Waals surface area contributed by atoms with Crippen LogP contribution in [0.1, 0.15) is 22.6 Å². The number of hydrogen-bond acceptors (Lipinski definition) is 5. The van der Waals surface area contributed by atoms with Gasteiger partial charge in [0.1, 0.15) is 12.6 Å². The van der Waals surface area contributed by atoms with Gasteiger partial charge in [-0.05, 0) is 51.1 Å². The number of nitrogens with one attached hydrogen (secondary N) is 1. The zero-order valence-electron chi connectivity index (χ0n) is 17.9. The first kappa shape index (κ1) is 21.4. The molecule has 0 radical (unpaired) electrons. The second-order valence-electron chi connectivity index (χ2n) is 8.14. The number of carbonyl (C=O) groups excluding carboxylic acids is 1. The van der Waals surface area contributed by atoms with E-state index in [1.165, 1.54) is 11.1 Å². The lowest BCUT2D eigenvalue weighted by Crippen LogP contribution is -2.41. The molecular formula is C27H23NO4S. The van der Waals surface area contributed by atoms with Crippen LogP contribution >= 0.6 is 11.3 Å². The van der Waals surface area contributed by atoms with Crippen molar-refractivity contribution in [2.45, 2.75) is 18.4 Å². The molecular weight excluding hydrogens is 434 g/mol. The summed E-state index contributed by atoms with van der Waals surface area (Å²) in [7, 11) is 0. The minimum Gasteiger partial charge on any atom is -0.480 e. The predicted molar refractivity (Wildman–Crippen MR) is 130 cm³/mol. The Labute approximate surface area is 195 Å². The van der Waals surface area contributed by atoms with Crippen molar-refractivity contribution in [2.75, 3.05) is 13.2 Å². The Bertz CT molecular complexity index is 1280. The van der Waals surface area contributed by atoms with Gasteiger partial charge in [0.15, 0.2) is 0 Å². The van der Waals surface area contributed by atoms with Crippen LogP contribution in [0.15, 0.2) is 78.2 Å². The van der Waals surface area contributed by atoms with Crippen LogP contribution in [0.3, 0.4) is 0 Å². The number of rotatable bonds is 8. The molecule has 1 atom stereocenters. The number of benzene rings is 3. The van der Waals surface area contributed by atoms with Gasteiger partial charge in [-0.2, -0.15) is 0 Å². The minimum absolute atomic E-state index is 0.0196. The summed E-state index contributed by atoms with van der Waals surface area (Å²) in [5, 5.41) is 15.6. The summed E-state index contributed by atoms with van der Waals surface area (Å²) >= 11 is 1.59. The van der Waals surface area contributed by atoms with E-state index in [0.717, 1.165) is 26.8 Å². The van der Waals surface area contributed by atoms with Crippen LogP contribution in [-0.4, -0.2) is 36.2 Å². The highest BCUT2D eigenvalue weighted by Gasteiger charge is 2.29. The maximum absolute atomic E-state index is 12.5. The zero-order chi connectivity index (χ0) is 22.8. The van der Waals surface area contributed by atoms with Gasteiger partial charge in [0.2, 0.25) is 0 Å². The number of fused-ring (bicyclic) bond motifs is 4. The highest BCUT2D eigenvalue weighted by atomic mass is 32.1. The molecule has 0 fully saturated rings. The molecule has 0 saturated heterocycles. The molecule has 0 bridgehead atoms. The smallest absolute Gasteiger partial charge is 0.321 e. The largest absolute Gasteiger partial charge is 0.480 e.